The molecule has 1 aliphatic heterocycles. The van der Waals surface area contributed by atoms with E-state index in [2.05, 4.69) is 0 Å². The first-order chi connectivity index (χ1) is 14.9. The molecule has 8 heteroatoms. The van der Waals surface area contributed by atoms with Gasteiger partial charge in [-0.1, -0.05) is 64.6 Å². The SMILES string of the molecule is O=C(c1ccccc1Cl)N1C[C@@H](COc2ccc(Cl)cc2)OC1c1ccc(Cl)c(Cl)c1. The second kappa shape index (κ2) is 9.68. The fourth-order valence-electron chi connectivity index (χ4n) is 3.33. The third-order valence-electron chi connectivity index (χ3n) is 4.85. The van der Waals surface area contributed by atoms with E-state index in [1.165, 1.54) is 0 Å². The van der Waals surface area contributed by atoms with E-state index in [9.17, 15) is 4.79 Å². The fraction of sp³-hybridized carbons (Fsp3) is 0.174. The summed E-state index contributed by atoms with van der Waals surface area (Å²) in [6, 6.07) is 19.1. The number of halogens is 4. The quantitative estimate of drug-likeness (QED) is 0.384. The van der Waals surface area contributed by atoms with Crippen LogP contribution in [0.25, 0.3) is 0 Å². The van der Waals surface area contributed by atoms with Gasteiger partial charge < -0.3 is 14.4 Å². The molecule has 1 amide bonds. The molecule has 0 bridgehead atoms. The number of hydrogen-bond donors (Lipinski definition) is 0. The number of benzene rings is 3. The number of ether oxygens (including phenoxy) is 2. The van der Waals surface area contributed by atoms with Gasteiger partial charge in [-0.15, -0.1) is 0 Å². The first-order valence-electron chi connectivity index (χ1n) is 9.46. The van der Waals surface area contributed by atoms with Gasteiger partial charge in [0.25, 0.3) is 5.91 Å². The van der Waals surface area contributed by atoms with Gasteiger partial charge in [0.15, 0.2) is 6.23 Å². The van der Waals surface area contributed by atoms with Crippen LogP contribution in [0.15, 0.2) is 66.7 Å². The molecule has 0 saturated carbocycles. The molecule has 1 aliphatic rings. The predicted molar refractivity (Wildman–Crippen MR) is 124 cm³/mol. The minimum absolute atomic E-state index is 0.240. The van der Waals surface area contributed by atoms with Crippen molar-refractivity contribution in [3.05, 3.63) is 97.9 Å². The Morgan fingerprint density at radius 3 is 2.39 bits per heavy atom. The fourth-order valence-corrected chi connectivity index (χ4v) is 3.98. The summed E-state index contributed by atoms with van der Waals surface area (Å²) < 4.78 is 12.0. The molecule has 0 aromatic heterocycles. The molecule has 1 fully saturated rings. The molecule has 2 atom stereocenters. The van der Waals surface area contributed by atoms with Crippen molar-refractivity contribution >= 4 is 52.3 Å². The van der Waals surface area contributed by atoms with Gasteiger partial charge in [0.2, 0.25) is 0 Å². The number of carbonyl (C=O) groups is 1. The summed E-state index contributed by atoms with van der Waals surface area (Å²) in [5, 5.41) is 1.81. The highest BCUT2D eigenvalue weighted by molar-refractivity contribution is 6.42. The van der Waals surface area contributed by atoms with Gasteiger partial charge in [-0.2, -0.15) is 0 Å². The molecule has 0 aliphatic carbocycles. The van der Waals surface area contributed by atoms with Crippen molar-refractivity contribution in [3.63, 3.8) is 0 Å². The van der Waals surface area contributed by atoms with Crippen LogP contribution in [0.5, 0.6) is 5.75 Å². The third-order valence-corrected chi connectivity index (χ3v) is 6.17. The maximum absolute atomic E-state index is 13.3. The standard InChI is InChI=1S/C23H17Cl4NO3/c24-15-6-8-16(9-7-15)30-13-17-12-28(22(29)18-3-1-2-4-19(18)25)23(31-17)14-5-10-20(26)21(27)11-14/h1-11,17,23H,12-13H2/t17-,23?/m0/s1. The molecule has 3 aromatic carbocycles. The van der Waals surface area contributed by atoms with Crippen LogP contribution in [-0.4, -0.2) is 30.1 Å². The highest BCUT2D eigenvalue weighted by atomic mass is 35.5. The van der Waals surface area contributed by atoms with E-state index in [0.717, 1.165) is 0 Å². The van der Waals surface area contributed by atoms with Crippen LogP contribution in [0.1, 0.15) is 22.1 Å². The van der Waals surface area contributed by atoms with E-state index in [1.807, 2.05) is 0 Å². The van der Waals surface area contributed by atoms with Gasteiger partial charge in [-0.3, -0.25) is 4.79 Å². The molecule has 1 heterocycles. The summed E-state index contributed by atoms with van der Waals surface area (Å²) in [6.07, 6.45) is -1.01. The van der Waals surface area contributed by atoms with Crippen molar-refractivity contribution < 1.29 is 14.3 Å². The lowest BCUT2D eigenvalue weighted by molar-refractivity contribution is -0.0118. The molecule has 4 rings (SSSR count). The summed E-state index contributed by atoms with van der Waals surface area (Å²) in [5.74, 6) is 0.422. The average Bonchev–Trinajstić information content (AvgIpc) is 3.19. The minimum Gasteiger partial charge on any atom is -0.491 e. The number of amides is 1. The Hall–Kier alpha value is -1.95. The Morgan fingerprint density at radius 2 is 1.68 bits per heavy atom. The molecule has 0 radical (unpaired) electrons. The summed E-state index contributed by atoms with van der Waals surface area (Å²) in [6.45, 7) is 0.578. The minimum atomic E-state index is -0.655. The van der Waals surface area contributed by atoms with Crippen molar-refractivity contribution in [1.82, 2.24) is 4.90 Å². The zero-order valence-corrected chi connectivity index (χ0v) is 19.1. The third kappa shape index (κ3) is 5.11. The lowest BCUT2D eigenvalue weighted by Crippen LogP contribution is -2.33. The Morgan fingerprint density at radius 1 is 0.935 bits per heavy atom. The van der Waals surface area contributed by atoms with Crippen LogP contribution in [0.2, 0.25) is 20.1 Å². The summed E-state index contributed by atoms with van der Waals surface area (Å²) in [5.41, 5.74) is 1.11. The maximum Gasteiger partial charge on any atom is 0.257 e. The number of nitrogens with zero attached hydrogens (tertiary/aromatic N) is 1. The average molecular weight is 497 g/mol. The van der Waals surface area contributed by atoms with Crippen LogP contribution in [0, 0.1) is 0 Å². The molecule has 1 saturated heterocycles. The Balaban J connectivity index is 1.58. The molecule has 160 valence electrons. The highest BCUT2D eigenvalue weighted by Crippen LogP contribution is 2.35. The monoisotopic (exact) mass is 495 g/mol. The molecule has 0 N–H and O–H groups in total. The molecular weight excluding hydrogens is 480 g/mol. The van der Waals surface area contributed by atoms with Crippen LogP contribution in [0.3, 0.4) is 0 Å². The zero-order chi connectivity index (χ0) is 22.0. The first-order valence-corrected chi connectivity index (χ1v) is 11.0. The van der Waals surface area contributed by atoms with Crippen molar-refractivity contribution in [2.75, 3.05) is 13.2 Å². The number of hydrogen-bond acceptors (Lipinski definition) is 3. The van der Waals surface area contributed by atoms with Crippen molar-refractivity contribution in [2.24, 2.45) is 0 Å². The van der Waals surface area contributed by atoms with Gasteiger partial charge in [0.1, 0.15) is 18.5 Å². The largest absolute Gasteiger partial charge is 0.491 e. The van der Waals surface area contributed by atoms with E-state index in [4.69, 9.17) is 55.9 Å². The summed E-state index contributed by atoms with van der Waals surface area (Å²) in [4.78, 5) is 14.9. The van der Waals surface area contributed by atoms with E-state index in [-0.39, 0.29) is 18.6 Å². The number of carbonyl (C=O) groups excluding carboxylic acids is 1. The van der Waals surface area contributed by atoms with E-state index in [0.29, 0.717) is 43.5 Å². The van der Waals surface area contributed by atoms with Crippen molar-refractivity contribution in [2.45, 2.75) is 12.3 Å². The van der Waals surface area contributed by atoms with Gasteiger partial charge >= 0.3 is 0 Å². The van der Waals surface area contributed by atoms with Crippen molar-refractivity contribution in [3.8, 4) is 5.75 Å². The Bertz CT molecular complexity index is 1090. The van der Waals surface area contributed by atoms with Crippen LogP contribution in [0.4, 0.5) is 0 Å². The molecule has 0 spiro atoms. The second-order valence-corrected chi connectivity index (χ2v) is 8.64. The van der Waals surface area contributed by atoms with Gasteiger partial charge in [-0.25, -0.2) is 0 Å². The molecule has 31 heavy (non-hydrogen) atoms. The lowest BCUT2D eigenvalue weighted by atomic mass is 10.1. The Labute approximate surface area is 200 Å². The van der Waals surface area contributed by atoms with Crippen LogP contribution < -0.4 is 4.74 Å². The maximum atomic E-state index is 13.3. The van der Waals surface area contributed by atoms with Crippen molar-refractivity contribution in [1.29, 1.82) is 0 Å². The van der Waals surface area contributed by atoms with E-state index >= 15 is 0 Å². The van der Waals surface area contributed by atoms with Crippen LogP contribution in [-0.2, 0) is 4.74 Å². The van der Waals surface area contributed by atoms with E-state index in [1.54, 1.807) is 71.6 Å². The number of rotatable bonds is 5. The second-order valence-electron chi connectivity index (χ2n) is 6.99. The normalized spacial score (nSPS) is 18.3. The van der Waals surface area contributed by atoms with E-state index < -0.39 is 6.23 Å². The first kappa shape index (κ1) is 22.3. The van der Waals surface area contributed by atoms with Gasteiger partial charge in [-0.05, 0) is 48.5 Å². The predicted octanol–water partition coefficient (Wildman–Crippen LogP) is 6.92. The summed E-state index contributed by atoms with van der Waals surface area (Å²) in [7, 11) is 0. The van der Waals surface area contributed by atoms with Gasteiger partial charge in [0, 0.05) is 10.6 Å². The molecule has 3 aromatic rings. The Kier molecular flexibility index (Phi) is 6.95. The van der Waals surface area contributed by atoms with Gasteiger partial charge in [0.05, 0.1) is 27.2 Å². The molecule has 4 nitrogen and oxygen atoms in total. The lowest BCUT2D eigenvalue weighted by Gasteiger charge is -2.24. The smallest absolute Gasteiger partial charge is 0.257 e. The molecular formula is C23H17Cl4NO3. The summed E-state index contributed by atoms with van der Waals surface area (Å²) >= 11 is 24.4. The highest BCUT2D eigenvalue weighted by Gasteiger charge is 2.38. The van der Waals surface area contributed by atoms with Crippen LogP contribution >= 0.6 is 46.4 Å². The molecule has 1 unspecified atom stereocenters. The zero-order valence-electron chi connectivity index (χ0n) is 16.1. The topological polar surface area (TPSA) is 38.8 Å².